The molecule has 1 amide bonds. The first-order chi connectivity index (χ1) is 12.5. The van der Waals surface area contributed by atoms with Crippen LogP contribution in [-0.4, -0.2) is 33.9 Å². The minimum absolute atomic E-state index is 0.0266. The number of nitrogens with zero attached hydrogens (tertiary/aromatic N) is 2. The quantitative estimate of drug-likeness (QED) is 0.751. The van der Waals surface area contributed by atoms with Crippen molar-refractivity contribution in [3.8, 4) is 0 Å². The molecule has 2 aromatic heterocycles. The zero-order valence-corrected chi connectivity index (χ0v) is 14.9. The number of hydrogen-bond acceptors (Lipinski definition) is 3. The van der Waals surface area contributed by atoms with E-state index in [2.05, 4.69) is 15.3 Å². The minimum atomic E-state index is -0.257. The molecule has 0 spiro atoms. The van der Waals surface area contributed by atoms with E-state index in [-0.39, 0.29) is 11.7 Å². The van der Waals surface area contributed by atoms with Gasteiger partial charge in [0.15, 0.2) is 5.82 Å². The highest BCUT2D eigenvalue weighted by Gasteiger charge is 2.24. The number of anilines is 1. The lowest BCUT2D eigenvalue weighted by Gasteiger charge is -2.30. The summed E-state index contributed by atoms with van der Waals surface area (Å²) in [6.45, 7) is 6.14. The Balaban J connectivity index is 1.70. The average molecular weight is 352 g/mol. The highest BCUT2D eigenvalue weighted by molar-refractivity contribution is 6.00. The number of carbonyl (C=O) groups is 1. The summed E-state index contributed by atoms with van der Waals surface area (Å²) in [6.07, 6.45) is 1.05. The first kappa shape index (κ1) is 16.6. The van der Waals surface area contributed by atoms with Gasteiger partial charge in [0, 0.05) is 30.7 Å². The molecule has 26 heavy (non-hydrogen) atoms. The number of fused-ring (bicyclic) bond motifs is 1. The summed E-state index contributed by atoms with van der Waals surface area (Å²) in [7, 11) is 0. The smallest absolute Gasteiger partial charge is 0.272 e. The Bertz CT molecular complexity index is 974. The zero-order chi connectivity index (χ0) is 18.3. The molecule has 2 N–H and O–H groups in total. The summed E-state index contributed by atoms with van der Waals surface area (Å²) in [4.78, 5) is 22.4. The molecule has 0 aliphatic carbocycles. The summed E-state index contributed by atoms with van der Waals surface area (Å²) < 4.78 is 13.1. The van der Waals surface area contributed by atoms with Crippen molar-refractivity contribution in [2.75, 3.05) is 18.4 Å². The van der Waals surface area contributed by atoms with Gasteiger partial charge in [-0.25, -0.2) is 9.37 Å². The number of aromatic amines is 1. The highest BCUT2D eigenvalue weighted by Crippen LogP contribution is 2.28. The third-order valence-corrected chi connectivity index (χ3v) is 5.03. The van der Waals surface area contributed by atoms with Gasteiger partial charge in [-0.2, -0.15) is 0 Å². The van der Waals surface area contributed by atoms with Crippen LogP contribution in [0.2, 0.25) is 0 Å². The number of likely N-dealkylation sites (tertiary alicyclic amines) is 1. The van der Waals surface area contributed by atoms with Crippen LogP contribution in [0, 0.1) is 19.7 Å². The largest absolute Gasteiger partial charge is 0.364 e. The third kappa shape index (κ3) is 2.92. The molecule has 134 valence electrons. The molecular weight excluding hydrogens is 331 g/mol. The van der Waals surface area contributed by atoms with E-state index >= 15 is 0 Å². The van der Waals surface area contributed by atoms with Gasteiger partial charge in [-0.05, 0) is 49.6 Å². The number of halogens is 1. The molecule has 0 unspecified atom stereocenters. The average Bonchev–Trinajstić information content (AvgIpc) is 2.87. The second-order valence-corrected chi connectivity index (χ2v) is 6.78. The van der Waals surface area contributed by atoms with E-state index in [0.717, 1.165) is 47.2 Å². The fraction of sp³-hybridized carbons (Fsp3) is 0.300. The molecule has 1 aliphatic rings. The summed E-state index contributed by atoms with van der Waals surface area (Å²) >= 11 is 0. The monoisotopic (exact) mass is 352 g/mol. The predicted octanol–water partition coefficient (Wildman–Crippen LogP) is 3.78. The molecule has 1 aliphatic heterocycles. The van der Waals surface area contributed by atoms with Crippen molar-refractivity contribution in [2.45, 2.75) is 26.8 Å². The Kier molecular flexibility index (Phi) is 4.11. The van der Waals surface area contributed by atoms with Gasteiger partial charge in [0.1, 0.15) is 11.5 Å². The van der Waals surface area contributed by atoms with E-state index in [9.17, 15) is 9.18 Å². The van der Waals surface area contributed by atoms with Crippen LogP contribution in [0.3, 0.4) is 0 Å². The molecule has 1 saturated heterocycles. The van der Waals surface area contributed by atoms with Crippen molar-refractivity contribution in [3.05, 3.63) is 58.7 Å². The molecule has 0 saturated carbocycles. The minimum Gasteiger partial charge on any atom is -0.364 e. The number of H-pyrrole nitrogens is 1. The standard InChI is InChI=1S/C20H21FN4O/c1-12-13(2)23-18-16(12)10-17(20(26)25-8-3-9-25)24-19(18)22-11-14-4-6-15(21)7-5-14/h4-7,10,23H,3,8-9,11H2,1-2H3,(H,22,24). The molecule has 6 heteroatoms. The Morgan fingerprint density at radius 2 is 2.00 bits per heavy atom. The predicted molar refractivity (Wildman–Crippen MR) is 99.8 cm³/mol. The summed E-state index contributed by atoms with van der Waals surface area (Å²) in [5.41, 5.74) is 4.47. The molecule has 0 atom stereocenters. The molecule has 3 aromatic rings. The van der Waals surface area contributed by atoms with Crippen molar-refractivity contribution >= 4 is 22.6 Å². The molecule has 5 nitrogen and oxygen atoms in total. The van der Waals surface area contributed by atoms with Gasteiger partial charge in [-0.3, -0.25) is 4.79 Å². The fourth-order valence-electron chi connectivity index (χ4n) is 3.16. The van der Waals surface area contributed by atoms with Gasteiger partial charge >= 0.3 is 0 Å². The summed E-state index contributed by atoms with van der Waals surface area (Å²) in [6, 6.07) is 8.22. The fourth-order valence-corrected chi connectivity index (χ4v) is 3.16. The van der Waals surface area contributed by atoms with E-state index in [4.69, 9.17) is 0 Å². The van der Waals surface area contributed by atoms with Gasteiger partial charge in [0.2, 0.25) is 0 Å². The number of amides is 1. The van der Waals surface area contributed by atoms with E-state index in [1.165, 1.54) is 12.1 Å². The van der Waals surface area contributed by atoms with Gasteiger partial charge in [-0.15, -0.1) is 0 Å². The van der Waals surface area contributed by atoms with Crippen LogP contribution in [0.15, 0.2) is 30.3 Å². The number of aryl methyl sites for hydroxylation is 2. The van der Waals surface area contributed by atoms with E-state index in [1.807, 2.05) is 24.8 Å². The van der Waals surface area contributed by atoms with Crippen LogP contribution < -0.4 is 5.32 Å². The molecule has 0 bridgehead atoms. The number of hydrogen-bond donors (Lipinski definition) is 2. The SMILES string of the molecule is Cc1[nH]c2c(NCc3ccc(F)cc3)nc(C(=O)N3CCC3)cc2c1C. The van der Waals surface area contributed by atoms with Crippen molar-refractivity contribution in [2.24, 2.45) is 0 Å². The maximum Gasteiger partial charge on any atom is 0.272 e. The second kappa shape index (κ2) is 6.44. The number of benzene rings is 1. The Morgan fingerprint density at radius 3 is 2.65 bits per heavy atom. The van der Waals surface area contributed by atoms with Crippen LogP contribution >= 0.6 is 0 Å². The van der Waals surface area contributed by atoms with Crippen LogP contribution in [0.1, 0.15) is 33.7 Å². The van der Waals surface area contributed by atoms with Gasteiger partial charge in [-0.1, -0.05) is 12.1 Å². The summed E-state index contributed by atoms with van der Waals surface area (Å²) in [5, 5.41) is 4.30. The van der Waals surface area contributed by atoms with Crippen LogP contribution in [-0.2, 0) is 6.54 Å². The molecule has 0 radical (unpaired) electrons. The highest BCUT2D eigenvalue weighted by atomic mass is 19.1. The second-order valence-electron chi connectivity index (χ2n) is 6.78. The summed E-state index contributed by atoms with van der Waals surface area (Å²) in [5.74, 6) is 0.361. The van der Waals surface area contributed by atoms with Gasteiger partial charge < -0.3 is 15.2 Å². The zero-order valence-electron chi connectivity index (χ0n) is 14.9. The first-order valence-corrected chi connectivity index (χ1v) is 8.80. The van der Waals surface area contributed by atoms with Gasteiger partial charge in [0.25, 0.3) is 5.91 Å². The number of aromatic nitrogens is 2. The first-order valence-electron chi connectivity index (χ1n) is 8.80. The topological polar surface area (TPSA) is 61.0 Å². The number of pyridine rings is 1. The molecular formula is C20H21FN4O. The Labute approximate surface area is 151 Å². The Hall–Kier alpha value is -2.89. The number of rotatable bonds is 4. The maximum absolute atomic E-state index is 13.1. The van der Waals surface area contributed by atoms with Crippen molar-refractivity contribution in [1.29, 1.82) is 0 Å². The lowest BCUT2D eigenvalue weighted by molar-refractivity contribution is 0.0646. The van der Waals surface area contributed by atoms with Crippen molar-refractivity contribution in [1.82, 2.24) is 14.9 Å². The van der Waals surface area contributed by atoms with E-state index in [1.54, 1.807) is 12.1 Å². The van der Waals surface area contributed by atoms with Crippen molar-refractivity contribution < 1.29 is 9.18 Å². The van der Waals surface area contributed by atoms with Crippen LogP contribution in [0.25, 0.3) is 10.9 Å². The number of carbonyl (C=O) groups excluding carboxylic acids is 1. The normalized spacial score (nSPS) is 13.7. The van der Waals surface area contributed by atoms with Crippen LogP contribution in [0.4, 0.5) is 10.2 Å². The van der Waals surface area contributed by atoms with E-state index < -0.39 is 0 Å². The van der Waals surface area contributed by atoms with E-state index in [0.29, 0.717) is 18.1 Å². The lowest BCUT2D eigenvalue weighted by Crippen LogP contribution is -2.42. The van der Waals surface area contributed by atoms with Gasteiger partial charge in [0.05, 0.1) is 5.52 Å². The molecule has 4 rings (SSSR count). The van der Waals surface area contributed by atoms with Crippen LogP contribution in [0.5, 0.6) is 0 Å². The Morgan fingerprint density at radius 1 is 1.27 bits per heavy atom. The number of nitrogens with one attached hydrogen (secondary N) is 2. The molecule has 1 fully saturated rings. The van der Waals surface area contributed by atoms with Crippen molar-refractivity contribution in [3.63, 3.8) is 0 Å². The third-order valence-electron chi connectivity index (χ3n) is 5.03. The molecule has 3 heterocycles. The maximum atomic E-state index is 13.1. The lowest BCUT2D eigenvalue weighted by atomic mass is 10.1. The molecule has 1 aromatic carbocycles.